The topological polar surface area (TPSA) is 43.6 Å². The molecule has 2 aromatic heterocycles. The van der Waals surface area contributed by atoms with Gasteiger partial charge in [-0.05, 0) is 82.9 Å². The molecule has 0 amide bonds. The van der Waals surface area contributed by atoms with E-state index in [1.807, 2.05) is 108 Å². The third kappa shape index (κ3) is 6.85. The van der Waals surface area contributed by atoms with Crippen LogP contribution in [0.1, 0.15) is 11.1 Å². The molecule has 0 radical (unpaired) electrons. The van der Waals surface area contributed by atoms with Gasteiger partial charge >= 0.3 is 12.4 Å². The van der Waals surface area contributed by atoms with Crippen LogP contribution in [0.15, 0.2) is 164 Å². The molecule has 0 saturated carbocycles. The minimum absolute atomic E-state index is 0.118. The predicted molar refractivity (Wildman–Crippen MR) is 211 cm³/mol. The summed E-state index contributed by atoms with van der Waals surface area (Å²) in [5.74, 6) is 0.710. The van der Waals surface area contributed by atoms with Crippen molar-refractivity contribution >= 4 is 21.8 Å². The van der Waals surface area contributed by atoms with E-state index >= 15 is 0 Å². The highest BCUT2D eigenvalue weighted by Gasteiger charge is 2.37. The van der Waals surface area contributed by atoms with Gasteiger partial charge in [0.2, 0.25) is 0 Å². The highest BCUT2D eigenvalue weighted by molar-refractivity contribution is 6.10. The van der Waals surface area contributed by atoms with Crippen LogP contribution in [-0.2, 0) is 12.4 Å². The second-order valence-corrected chi connectivity index (χ2v) is 13.7. The number of alkyl halides is 6. The third-order valence-electron chi connectivity index (χ3n) is 9.93. The fourth-order valence-electron chi connectivity index (χ4n) is 7.24. The highest BCUT2D eigenvalue weighted by atomic mass is 19.4. The number of halogens is 7. The van der Waals surface area contributed by atoms with Crippen LogP contribution in [0.2, 0.25) is 0 Å². The summed E-state index contributed by atoms with van der Waals surface area (Å²) >= 11 is 0. The molecule has 284 valence electrons. The van der Waals surface area contributed by atoms with Gasteiger partial charge in [0.25, 0.3) is 0 Å². The van der Waals surface area contributed by atoms with Crippen molar-refractivity contribution in [1.29, 1.82) is 0 Å². The molecule has 11 heteroatoms. The molecule has 58 heavy (non-hydrogen) atoms. The van der Waals surface area contributed by atoms with E-state index in [-0.39, 0.29) is 17.2 Å². The van der Waals surface area contributed by atoms with Gasteiger partial charge in [0, 0.05) is 33.2 Å². The van der Waals surface area contributed by atoms with Gasteiger partial charge in [-0.2, -0.15) is 26.3 Å². The van der Waals surface area contributed by atoms with E-state index in [0.717, 1.165) is 39.5 Å². The summed E-state index contributed by atoms with van der Waals surface area (Å²) in [6.07, 6.45) is -10.0. The van der Waals surface area contributed by atoms with Crippen molar-refractivity contribution in [1.82, 2.24) is 19.5 Å². The van der Waals surface area contributed by atoms with E-state index in [2.05, 4.69) is 0 Å². The second-order valence-electron chi connectivity index (χ2n) is 13.7. The largest absolute Gasteiger partial charge is 0.416 e. The molecular weight excluding hydrogens is 754 g/mol. The minimum Gasteiger partial charge on any atom is -0.309 e. The molecule has 0 aliphatic carbocycles. The zero-order valence-electron chi connectivity index (χ0n) is 30.0. The molecule has 0 atom stereocenters. The van der Waals surface area contributed by atoms with Crippen molar-refractivity contribution in [2.45, 2.75) is 12.4 Å². The molecule has 2 heterocycles. The number of hydrogen-bond donors (Lipinski definition) is 0. The van der Waals surface area contributed by atoms with Gasteiger partial charge in [-0.1, -0.05) is 103 Å². The Morgan fingerprint density at radius 1 is 0.379 bits per heavy atom. The summed E-state index contributed by atoms with van der Waals surface area (Å²) in [6, 6.07) is 44.3. The Balaban J connectivity index is 1.28. The molecule has 0 N–H and O–H groups in total. The molecule has 0 spiro atoms. The van der Waals surface area contributed by atoms with Gasteiger partial charge < -0.3 is 4.57 Å². The Morgan fingerprint density at radius 3 is 1.57 bits per heavy atom. The Kier molecular flexibility index (Phi) is 8.88. The maximum Gasteiger partial charge on any atom is 0.416 e. The van der Waals surface area contributed by atoms with Crippen LogP contribution in [0, 0.1) is 5.82 Å². The lowest BCUT2D eigenvalue weighted by atomic mass is 9.97. The number of para-hydroxylation sites is 1. The standard InChI is InChI=1S/C47H27F7N4/c48-35-15-9-14-31(24-35)40-27-36(19-21-39(40)45-56-43(28-10-3-1-4-11-28)55-44(57-45)29-12-5-2-6-13-29)58-41-17-8-7-16-37(41)38-20-18-30(25-42(38)58)32-22-33(46(49,50)51)26-34(23-32)47(52,53)54/h1-27H. The van der Waals surface area contributed by atoms with E-state index < -0.39 is 29.3 Å². The van der Waals surface area contributed by atoms with Crippen LogP contribution in [0.3, 0.4) is 0 Å². The molecular formula is C47H27F7N4. The molecule has 0 unspecified atom stereocenters. The van der Waals surface area contributed by atoms with Crippen LogP contribution in [0.4, 0.5) is 30.7 Å². The van der Waals surface area contributed by atoms with Crippen LogP contribution >= 0.6 is 0 Å². The van der Waals surface area contributed by atoms with Gasteiger partial charge in [0.05, 0.1) is 22.2 Å². The van der Waals surface area contributed by atoms with Crippen molar-refractivity contribution < 1.29 is 30.7 Å². The first-order valence-corrected chi connectivity index (χ1v) is 18.0. The number of hydrogen-bond acceptors (Lipinski definition) is 3. The molecule has 0 fully saturated rings. The van der Waals surface area contributed by atoms with E-state index in [0.29, 0.717) is 45.4 Å². The Bertz CT molecular complexity index is 2900. The summed E-state index contributed by atoms with van der Waals surface area (Å²) in [5, 5.41) is 1.52. The van der Waals surface area contributed by atoms with Crippen LogP contribution in [0.25, 0.3) is 83.9 Å². The maximum absolute atomic E-state index is 15.0. The third-order valence-corrected chi connectivity index (χ3v) is 9.93. The molecule has 4 nitrogen and oxygen atoms in total. The average Bonchev–Trinajstić information content (AvgIpc) is 3.57. The lowest BCUT2D eigenvalue weighted by Gasteiger charge is -2.16. The lowest BCUT2D eigenvalue weighted by Crippen LogP contribution is -2.11. The summed E-state index contributed by atoms with van der Waals surface area (Å²) in [7, 11) is 0. The first-order chi connectivity index (χ1) is 27.9. The normalized spacial score (nSPS) is 12.1. The number of benzene rings is 7. The van der Waals surface area contributed by atoms with E-state index in [1.165, 1.54) is 18.2 Å². The maximum atomic E-state index is 15.0. The van der Waals surface area contributed by atoms with Gasteiger partial charge in [-0.25, -0.2) is 19.3 Å². The SMILES string of the molecule is Fc1cccc(-c2cc(-n3c4ccccc4c4ccc(-c5cc(C(F)(F)F)cc(C(F)(F)F)c5)cc43)ccc2-c2nc(-c3ccccc3)nc(-c3ccccc3)n2)c1. The van der Waals surface area contributed by atoms with E-state index in [4.69, 9.17) is 15.0 Å². The van der Waals surface area contributed by atoms with Crippen LogP contribution in [-0.4, -0.2) is 19.5 Å². The molecule has 7 aromatic carbocycles. The fraction of sp³-hybridized carbons (Fsp3) is 0.0426. The Labute approximate surface area is 326 Å². The van der Waals surface area contributed by atoms with Crippen LogP contribution < -0.4 is 0 Å². The number of aromatic nitrogens is 4. The first kappa shape index (κ1) is 36.5. The quantitative estimate of drug-likeness (QED) is 0.158. The molecule has 9 aromatic rings. The zero-order valence-corrected chi connectivity index (χ0v) is 30.0. The van der Waals surface area contributed by atoms with Gasteiger partial charge in [-0.15, -0.1) is 0 Å². The smallest absolute Gasteiger partial charge is 0.309 e. The zero-order chi connectivity index (χ0) is 40.2. The Hall–Kier alpha value is -7.14. The summed E-state index contributed by atoms with van der Waals surface area (Å²) in [4.78, 5) is 14.6. The van der Waals surface area contributed by atoms with Crippen molar-refractivity contribution in [2.24, 2.45) is 0 Å². The average molecular weight is 781 g/mol. The predicted octanol–water partition coefficient (Wildman–Crippen LogP) is 13.5. The Morgan fingerprint density at radius 2 is 0.948 bits per heavy atom. The summed E-state index contributed by atoms with van der Waals surface area (Å²) < 4.78 is 100. The van der Waals surface area contributed by atoms with E-state index in [1.54, 1.807) is 24.3 Å². The molecule has 0 aliphatic rings. The number of fused-ring (bicyclic) bond motifs is 3. The highest BCUT2D eigenvalue weighted by Crippen LogP contribution is 2.42. The van der Waals surface area contributed by atoms with E-state index in [9.17, 15) is 30.7 Å². The number of rotatable bonds is 6. The molecule has 0 bridgehead atoms. The second kappa shape index (κ2) is 14.1. The van der Waals surface area contributed by atoms with Gasteiger partial charge in [0.1, 0.15) is 5.82 Å². The van der Waals surface area contributed by atoms with Gasteiger partial charge in [-0.3, -0.25) is 0 Å². The van der Waals surface area contributed by atoms with Crippen LogP contribution in [0.5, 0.6) is 0 Å². The fourth-order valence-corrected chi connectivity index (χ4v) is 7.24. The van der Waals surface area contributed by atoms with Gasteiger partial charge in [0.15, 0.2) is 17.5 Å². The minimum atomic E-state index is -5.01. The molecule has 0 saturated heterocycles. The van der Waals surface area contributed by atoms with Crippen molar-refractivity contribution in [3.63, 3.8) is 0 Å². The van der Waals surface area contributed by atoms with Crippen molar-refractivity contribution in [2.75, 3.05) is 0 Å². The van der Waals surface area contributed by atoms with Crippen molar-refractivity contribution in [3.05, 3.63) is 181 Å². The van der Waals surface area contributed by atoms with Crippen molar-refractivity contribution in [3.8, 4) is 62.1 Å². The summed E-state index contributed by atoms with van der Waals surface area (Å²) in [6.45, 7) is 0. The first-order valence-electron chi connectivity index (χ1n) is 18.0. The summed E-state index contributed by atoms with van der Waals surface area (Å²) in [5.41, 5.74) is 2.12. The molecule has 9 rings (SSSR count). The molecule has 0 aliphatic heterocycles. The number of nitrogens with zero attached hydrogens (tertiary/aromatic N) is 4. The lowest BCUT2D eigenvalue weighted by molar-refractivity contribution is -0.143. The monoisotopic (exact) mass is 780 g/mol.